The summed E-state index contributed by atoms with van der Waals surface area (Å²) in [6.07, 6.45) is 3.47. The maximum Gasteiger partial charge on any atom is 0.252 e. The van der Waals surface area contributed by atoms with Crippen molar-refractivity contribution >= 4 is 11.9 Å². The van der Waals surface area contributed by atoms with Crippen LogP contribution in [0.4, 0.5) is 5.95 Å². The van der Waals surface area contributed by atoms with Crippen molar-refractivity contribution in [2.45, 2.75) is 39.2 Å². The minimum absolute atomic E-state index is 0.116. The Morgan fingerprint density at radius 1 is 1.25 bits per heavy atom. The molecule has 0 unspecified atom stereocenters. The lowest BCUT2D eigenvalue weighted by molar-refractivity contribution is -0.135. The number of rotatable bonds is 3. The van der Waals surface area contributed by atoms with Crippen LogP contribution in [0.3, 0.4) is 0 Å². The van der Waals surface area contributed by atoms with Gasteiger partial charge in [-0.1, -0.05) is 0 Å². The molecule has 2 fully saturated rings. The zero-order valence-electron chi connectivity index (χ0n) is 14.6. The molecule has 3 rings (SSSR count). The highest BCUT2D eigenvalue weighted by Gasteiger charge is 2.26. The number of H-pyrrole nitrogens is 1. The van der Waals surface area contributed by atoms with Crippen molar-refractivity contribution in [2.24, 2.45) is 0 Å². The van der Waals surface area contributed by atoms with E-state index in [-0.39, 0.29) is 11.5 Å². The average molecular weight is 333 g/mol. The zero-order valence-corrected chi connectivity index (χ0v) is 14.6. The van der Waals surface area contributed by atoms with Gasteiger partial charge in [0.2, 0.25) is 11.9 Å². The van der Waals surface area contributed by atoms with Gasteiger partial charge in [-0.05, 0) is 33.1 Å². The molecule has 2 saturated heterocycles. The smallest absolute Gasteiger partial charge is 0.252 e. The fraction of sp³-hybridized carbons (Fsp3) is 0.706. The summed E-state index contributed by atoms with van der Waals surface area (Å²) in [7, 11) is 0. The number of hydrogen-bond donors (Lipinski definition) is 1. The molecule has 2 aliphatic heterocycles. The molecule has 1 aromatic rings. The lowest BCUT2D eigenvalue weighted by Crippen LogP contribution is -2.52. The number of carbonyl (C=O) groups is 1. The molecule has 2 aliphatic rings. The molecule has 24 heavy (non-hydrogen) atoms. The molecule has 7 heteroatoms. The molecular weight excluding hydrogens is 306 g/mol. The normalized spacial score (nSPS) is 22.7. The highest BCUT2D eigenvalue weighted by atomic mass is 16.2. The van der Waals surface area contributed by atoms with Gasteiger partial charge in [-0.15, -0.1) is 0 Å². The molecular formula is C17H27N5O2. The molecule has 0 radical (unpaired) electrons. The van der Waals surface area contributed by atoms with E-state index in [2.05, 4.69) is 26.7 Å². The first-order chi connectivity index (χ1) is 11.5. The Hall–Kier alpha value is -1.89. The van der Waals surface area contributed by atoms with Gasteiger partial charge in [-0.3, -0.25) is 19.5 Å². The average Bonchev–Trinajstić information content (AvgIpc) is 2.55. The van der Waals surface area contributed by atoms with Crippen molar-refractivity contribution < 1.29 is 4.79 Å². The van der Waals surface area contributed by atoms with Crippen molar-refractivity contribution in [2.75, 3.05) is 44.2 Å². The summed E-state index contributed by atoms with van der Waals surface area (Å²) in [5, 5.41) is 0. The van der Waals surface area contributed by atoms with E-state index in [0.29, 0.717) is 18.5 Å². The summed E-state index contributed by atoms with van der Waals surface area (Å²) < 4.78 is 0. The minimum atomic E-state index is -0.116. The molecule has 1 atom stereocenters. The van der Waals surface area contributed by atoms with Gasteiger partial charge < -0.3 is 9.80 Å². The number of piperidine rings is 1. The molecule has 1 amide bonds. The monoisotopic (exact) mass is 333 g/mol. The first-order valence-corrected chi connectivity index (χ1v) is 8.87. The third-order valence-corrected chi connectivity index (χ3v) is 5.01. The molecule has 7 nitrogen and oxygen atoms in total. The van der Waals surface area contributed by atoms with E-state index in [1.165, 1.54) is 12.5 Å². The minimum Gasteiger partial charge on any atom is -0.340 e. The van der Waals surface area contributed by atoms with E-state index < -0.39 is 0 Å². The quantitative estimate of drug-likeness (QED) is 0.877. The number of likely N-dealkylation sites (tertiary alicyclic amines) is 1. The van der Waals surface area contributed by atoms with Crippen molar-refractivity contribution in [3.8, 4) is 0 Å². The number of nitrogens with zero attached hydrogens (tertiary/aromatic N) is 4. The highest BCUT2D eigenvalue weighted by Crippen LogP contribution is 2.17. The molecule has 0 aliphatic carbocycles. The Balaban J connectivity index is 1.53. The van der Waals surface area contributed by atoms with Crippen LogP contribution in [-0.2, 0) is 4.79 Å². The Labute approximate surface area is 142 Å². The number of aryl methyl sites for hydroxylation is 1. The van der Waals surface area contributed by atoms with Crippen LogP contribution in [-0.4, -0.2) is 71.0 Å². The number of aromatic amines is 1. The molecule has 0 saturated carbocycles. The predicted molar refractivity (Wildman–Crippen MR) is 93.3 cm³/mol. The summed E-state index contributed by atoms with van der Waals surface area (Å²) in [5.74, 6) is 0.883. The van der Waals surface area contributed by atoms with Crippen molar-refractivity contribution in [3.05, 3.63) is 22.1 Å². The molecule has 0 spiro atoms. The van der Waals surface area contributed by atoms with Gasteiger partial charge in [0, 0.05) is 50.5 Å². The number of piperazine rings is 1. The van der Waals surface area contributed by atoms with Crippen LogP contribution in [0.25, 0.3) is 0 Å². The lowest BCUT2D eigenvalue weighted by atomic mass is 10.0. The van der Waals surface area contributed by atoms with Gasteiger partial charge in [0.25, 0.3) is 5.56 Å². The van der Waals surface area contributed by atoms with Crippen molar-refractivity contribution in [1.82, 2.24) is 19.8 Å². The number of aromatic nitrogens is 2. The summed E-state index contributed by atoms with van der Waals surface area (Å²) in [4.78, 5) is 37.6. The van der Waals surface area contributed by atoms with Crippen LogP contribution < -0.4 is 10.5 Å². The predicted octanol–water partition coefficient (Wildman–Crippen LogP) is 0.601. The van der Waals surface area contributed by atoms with Gasteiger partial charge >= 0.3 is 0 Å². The third-order valence-electron chi connectivity index (χ3n) is 5.01. The largest absolute Gasteiger partial charge is 0.340 e. The van der Waals surface area contributed by atoms with Crippen LogP contribution >= 0.6 is 0 Å². The molecule has 1 N–H and O–H groups in total. The third kappa shape index (κ3) is 3.95. The Kier molecular flexibility index (Phi) is 5.18. The van der Waals surface area contributed by atoms with Crippen LogP contribution in [0.15, 0.2) is 10.9 Å². The van der Waals surface area contributed by atoms with Crippen LogP contribution in [0.1, 0.15) is 31.9 Å². The van der Waals surface area contributed by atoms with Crippen molar-refractivity contribution in [1.29, 1.82) is 0 Å². The number of carbonyl (C=O) groups excluding carboxylic acids is 1. The van der Waals surface area contributed by atoms with E-state index in [0.717, 1.165) is 51.3 Å². The number of hydrogen-bond acceptors (Lipinski definition) is 5. The van der Waals surface area contributed by atoms with Gasteiger partial charge in [0.1, 0.15) is 0 Å². The van der Waals surface area contributed by atoms with E-state index in [9.17, 15) is 9.59 Å². The Morgan fingerprint density at radius 2 is 2.00 bits per heavy atom. The lowest BCUT2D eigenvalue weighted by Gasteiger charge is -2.38. The highest BCUT2D eigenvalue weighted by molar-refractivity contribution is 5.78. The summed E-state index contributed by atoms with van der Waals surface area (Å²) in [6.45, 7) is 8.54. The first kappa shape index (κ1) is 17.0. The van der Waals surface area contributed by atoms with Crippen LogP contribution in [0.5, 0.6) is 0 Å². The number of nitrogens with one attached hydrogen (secondary N) is 1. The second kappa shape index (κ2) is 7.34. The molecule has 1 aromatic heterocycles. The van der Waals surface area contributed by atoms with E-state index in [1.807, 2.05) is 11.8 Å². The zero-order chi connectivity index (χ0) is 17.1. The van der Waals surface area contributed by atoms with Crippen LogP contribution in [0.2, 0.25) is 0 Å². The SMILES string of the molecule is Cc1cc(=O)[nH]c(N2CCN(CC(=O)N3CCCC[C@H]3C)CC2)n1. The van der Waals surface area contributed by atoms with Gasteiger partial charge in [-0.2, -0.15) is 0 Å². The van der Waals surface area contributed by atoms with E-state index in [1.54, 1.807) is 0 Å². The number of amides is 1. The Bertz CT molecular complexity index is 636. The molecule has 132 valence electrons. The fourth-order valence-electron chi connectivity index (χ4n) is 3.58. The topological polar surface area (TPSA) is 72.5 Å². The number of anilines is 1. The van der Waals surface area contributed by atoms with Gasteiger partial charge in [0.05, 0.1) is 6.54 Å². The second-order valence-corrected chi connectivity index (χ2v) is 6.91. The maximum atomic E-state index is 12.5. The Morgan fingerprint density at radius 3 is 2.67 bits per heavy atom. The fourth-order valence-corrected chi connectivity index (χ4v) is 3.58. The standard InChI is InChI=1S/C17H27N5O2/c1-13-11-15(23)19-17(18-13)21-9-7-20(8-10-21)12-16(24)22-6-4-3-5-14(22)2/h11,14H,3-10,12H2,1-2H3,(H,18,19,23)/t14-/m1/s1. The van der Waals surface area contributed by atoms with Crippen LogP contribution in [0, 0.1) is 6.92 Å². The van der Waals surface area contributed by atoms with E-state index in [4.69, 9.17) is 0 Å². The summed E-state index contributed by atoms with van der Waals surface area (Å²) in [6, 6.07) is 1.87. The second-order valence-electron chi connectivity index (χ2n) is 6.91. The summed E-state index contributed by atoms with van der Waals surface area (Å²) >= 11 is 0. The molecule has 0 aromatic carbocycles. The van der Waals surface area contributed by atoms with E-state index >= 15 is 0 Å². The molecule has 0 bridgehead atoms. The van der Waals surface area contributed by atoms with Gasteiger partial charge in [-0.25, -0.2) is 4.98 Å². The molecule has 3 heterocycles. The van der Waals surface area contributed by atoms with Gasteiger partial charge in [0.15, 0.2) is 0 Å². The summed E-state index contributed by atoms with van der Waals surface area (Å²) in [5.41, 5.74) is 0.611. The van der Waals surface area contributed by atoms with Crippen molar-refractivity contribution in [3.63, 3.8) is 0 Å². The first-order valence-electron chi connectivity index (χ1n) is 8.87. The maximum absolute atomic E-state index is 12.5.